The minimum atomic E-state index is 0.786. The molecule has 0 aromatic heterocycles. The Bertz CT molecular complexity index is 239. The van der Waals surface area contributed by atoms with Crippen LogP contribution < -0.4 is 5.32 Å². The molecule has 0 aromatic carbocycles. The van der Waals surface area contributed by atoms with Crippen LogP contribution in [0.5, 0.6) is 0 Å². The van der Waals surface area contributed by atoms with Crippen molar-refractivity contribution >= 4 is 0 Å². The second-order valence-electron chi connectivity index (χ2n) is 6.84. The van der Waals surface area contributed by atoms with E-state index in [4.69, 9.17) is 0 Å². The van der Waals surface area contributed by atoms with E-state index in [-0.39, 0.29) is 0 Å². The highest BCUT2D eigenvalue weighted by molar-refractivity contribution is 4.85. The molecule has 3 unspecified atom stereocenters. The summed E-state index contributed by atoms with van der Waals surface area (Å²) in [4.78, 5) is 2.56. The number of nitrogens with zero attached hydrogens (tertiary/aromatic N) is 1. The Labute approximate surface area is 114 Å². The largest absolute Gasteiger partial charge is 0.312 e. The first-order valence-electron chi connectivity index (χ1n) is 8.12. The van der Waals surface area contributed by atoms with E-state index in [0.29, 0.717) is 0 Å². The quantitative estimate of drug-likeness (QED) is 0.826. The van der Waals surface area contributed by atoms with Crippen molar-refractivity contribution < 1.29 is 0 Å². The summed E-state index contributed by atoms with van der Waals surface area (Å²) in [5.41, 5.74) is 0. The van der Waals surface area contributed by atoms with Gasteiger partial charge in [-0.05, 0) is 51.1 Å². The summed E-state index contributed by atoms with van der Waals surface area (Å²) in [5.74, 6) is 1.75. The number of hydrogen-bond donors (Lipinski definition) is 1. The Kier molecular flexibility index (Phi) is 5.50. The van der Waals surface area contributed by atoms with E-state index < -0.39 is 0 Å². The van der Waals surface area contributed by atoms with E-state index in [9.17, 15) is 0 Å². The lowest BCUT2D eigenvalue weighted by Crippen LogP contribution is -2.49. The normalized spacial score (nSPS) is 35.0. The van der Waals surface area contributed by atoms with Crippen LogP contribution in [0, 0.1) is 11.8 Å². The van der Waals surface area contributed by atoms with Gasteiger partial charge in [0.25, 0.3) is 0 Å². The predicted octanol–water partition coefficient (Wildman–Crippen LogP) is 3.28. The smallest absolute Gasteiger partial charge is 0.0217 e. The molecule has 2 fully saturated rings. The lowest BCUT2D eigenvalue weighted by atomic mass is 9.77. The van der Waals surface area contributed by atoms with Gasteiger partial charge in [-0.15, -0.1) is 0 Å². The molecule has 3 atom stereocenters. The minimum Gasteiger partial charge on any atom is -0.312 e. The van der Waals surface area contributed by atoms with Crippen LogP contribution in [-0.2, 0) is 0 Å². The molecule has 0 spiro atoms. The number of hydrogen-bond acceptors (Lipinski definition) is 2. The van der Waals surface area contributed by atoms with Gasteiger partial charge in [-0.3, -0.25) is 0 Å². The van der Waals surface area contributed by atoms with Gasteiger partial charge in [0.1, 0.15) is 0 Å². The number of likely N-dealkylation sites (N-methyl/N-ethyl adjacent to an activating group) is 1. The summed E-state index contributed by atoms with van der Waals surface area (Å²) in [6, 6.07) is 1.57. The zero-order chi connectivity index (χ0) is 13.0. The van der Waals surface area contributed by atoms with Crippen molar-refractivity contribution in [1.82, 2.24) is 10.2 Å². The lowest BCUT2D eigenvalue weighted by Gasteiger charge is -2.38. The van der Waals surface area contributed by atoms with Gasteiger partial charge in [-0.2, -0.15) is 0 Å². The third-order valence-corrected chi connectivity index (χ3v) is 5.21. The van der Waals surface area contributed by atoms with E-state index >= 15 is 0 Å². The molecule has 2 nitrogen and oxygen atoms in total. The molecular formula is C16H32N2. The lowest BCUT2D eigenvalue weighted by molar-refractivity contribution is 0.153. The molecule has 1 heterocycles. The average molecular weight is 252 g/mol. The van der Waals surface area contributed by atoms with Gasteiger partial charge in [-0.1, -0.05) is 33.1 Å². The summed E-state index contributed by atoms with van der Waals surface area (Å²) in [6.07, 6.45) is 9.93. The third kappa shape index (κ3) is 3.71. The second-order valence-corrected chi connectivity index (χ2v) is 6.84. The van der Waals surface area contributed by atoms with Crippen LogP contribution in [0.3, 0.4) is 0 Å². The summed E-state index contributed by atoms with van der Waals surface area (Å²) < 4.78 is 0. The van der Waals surface area contributed by atoms with Gasteiger partial charge in [0, 0.05) is 18.6 Å². The molecule has 18 heavy (non-hydrogen) atoms. The van der Waals surface area contributed by atoms with Crippen molar-refractivity contribution in [2.45, 2.75) is 70.9 Å². The van der Waals surface area contributed by atoms with Crippen LogP contribution in [0.1, 0.15) is 58.8 Å². The Morgan fingerprint density at radius 2 is 1.78 bits per heavy atom. The SMILES string of the molecule is CC(C)C1CCCCC1NCC1CCCCN1C. The number of likely N-dealkylation sites (tertiary alicyclic amines) is 1. The topological polar surface area (TPSA) is 15.3 Å². The highest BCUT2D eigenvalue weighted by Crippen LogP contribution is 2.30. The minimum absolute atomic E-state index is 0.786. The first kappa shape index (κ1) is 14.3. The van der Waals surface area contributed by atoms with Crippen molar-refractivity contribution in [3.8, 4) is 0 Å². The maximum Gasteiger partial charge on any atom is 0.0217 e. The summed E-state index contributed by atoms with van der Waals surface area (Å²) in [6.45, 7) is 7.31. The van der Waals surface area contributed by atoms with Crippen molar-refractivity contribution in [3.63, 3.8) is 0 Å². The zero-order valence-corrected chi connectivity index (χ0v) is 12.6. The van der Waals surface area contributed by atoms with Crippen LogP contribution in [0.15, 0.2) is 0 Å². The van der Waals surface area contributed by atoms with E-state index in [2.05, 4.69) is 31.1 Å². The second kappa shape index (κ2) is 6.91. The molecule has 106 valence electrons. The summed E-state index contributed by atoms with van der Waals surface area (Å²) in [5, 5.41) is 3.91. The van der Waals surface area contributed by atoms with Crippen LogP contribution in [0.2, 0.25) is 0 Å². The molecule has 2 aliphatic rings. The first-order valence-corrected chi connectivity index (χ1v) is 8.12. The molecule has 2 rings (SSSR count). The molecule has 1 aliphatic carbocycles. The Morgan fingerprint density at radius 3 is 2.50 bits per heavy atom. The molecule has 0 aromatic rings. The fraction of sp³-hybridized carbons (Fsp3) is 1.00. The standard InChI is InChI=1S/C16H32N2/c1-13(2)15-9-4-5-10-16(15)17-12-14-8-6-7-11-18(14)3/h13-17H,4-12H2,1-3H3. The average Bonchev–Trinajstić information content (AvgIpc) is 2.38. The van der Waals surface area contributed by atoms with Gasteiger partial charge in [0.2, 0.25) is 0 Å². The number of piperidine rings is 1. The molecule has 0 bridgehead atoms. The predicted molar refractivity (Wildman–Crippen MR) is 78.9 cm³/mol. The van der Waals surface area contributed by atoms with Crippen molar-refractivity contribution in [1.29, 1.82) is 0 Å². The molecule has 0 radical (unpaired) electrons. The zero-order valence-electron chi connectivity index (χ0n) is 12.6. The first-order chi connectivity index (χ1) is 8.68. The van der Waals surface area contributed by atoms with Gasteiger partial charge >= 0.3 is 0 Å². The van der Waals surface area contributed by atoms with E-state index in [0.717, 1.165) is 23.9 Å². The van der Waals surface area contributed by atoms with E-state index in [1.165, 1.54) is 58.0 Å². The molecule has 0 amide bonds. The van der Waals surface area contributed by atoms with Gasteiger partial charge in [0.05, 0.1) is 0 Å². The summed E-state index contributed by atoms with van der Waals surface area (Å²) in [7, 11) is 2.30. The highest BCUT2D eigenvalue weighted by atomic mass is 15.2. The van der Waals surface area contributed by atoms with Gasteiger partial charge < -0.3 is 10.2 Å². The molecule has 1 aliphatic heterocycles. The highest BCUT2D eigenvalue weighted by Gasteiger charge is 2.28. The summed E-state index contributed by atoms with van der Waals surface area (Å²) >= 11 is 0. The molecule has 2 heteroatoms. The van der Waals surface area contributed by atoms with Crippen LogP contribution in [-0.4, -0.2) is 37.1 Å². The Balaban J connectivity index is 1.80. The van der Waals surface area contributed by atoms with Crippen LogP contribution in [0.4, 0.5) is 0 Å². The fourth-order valence-electron chi connectivity index (χ4n) is 3.90. The Hall–Kier alpha value is -0.0800. The third-order valence-electron chi connectivity index (χ3n) is 5.21. The monoisotopic (exact) mass is 252 g/mol. The van der Waals surface area contributed by atoms with E-state index in [1.807, 2.05) is 0 Å². The van der Waals surface area contributed by atoms with Crippen molar-refractivity contribution in [2.24, 2.45) is 11.8 Å². The number of rotatable bonds is 4. The molecule has 1 saturated heterocycles. The fourth-order valence-corrected chi connectivity index (χ4v) is 3.90. The van der Waals surface area contributed by atoms with Gasteiger partial charge in [-0.25, -0.2) is 0 Å². The molecular weight excluding hydrogens is 220 g/mol. The van der Waals surface area contributed by atoms with Crippen molar-refractivity contribution in [2.75, 3.05) is 20.1 Å². The molecule has 1 N–H and O–H groups in total. The number of nitrogens with one attached hydrogen (secondary N) is 1. The van der Waals surface area contributed by atoms with Crippen LogP contribution >= 0.6 is 0 Å². The maximum absolute atomic E-state index is 3.91. The molecule has 1 saturated carbocycles. The maximum atomic E-state index is 3.91. The van der Waals surface area contributed by atoms with Gasteiger partial charge in [0.15, 0.2) is 0 Å². The van der Waals surface area contributed by atoms with Crippen LogP contribution in [0.25, 0.3) is 0 Å². The Morgan fingerprint density at radius 1 is 1.06 bits per heavy atom. The van der Waals surface area contributed by atoms with E-state index in [1.54, 1.807) is 0 Å². The van der Waals surface area contributed by atoms with Crippen molar-refractivity contribution in [3.05, 3.63) is 0 Å².